The van der Waals surface area contributed by atoms with E-state index in [-0.39, 0.29) is 0 Å². The van der Waals surface area contributed by atoms with Gasteiger partial charge in [0.25, 0.3) is 6.30 Å². The van der Waals surface area contributed by atoms with Crippen LogP contribution in [0.3, 0.4) is 0 Å². The van der Waals surface area contributed by atoms with Crippen LogP contribution in [0.1, 0.15) is 0 Å². The third-order valence-electron chi connectivity index (χ3n) is 1.64. The molecule has 0 aromatic carbocycles. The second kappa shape index (κ2) is 2.90. The fourth-order valence-electron chi connectivity index (χ4n) is 0.806. The van der Waals surface area contributed by atoms with E-state index in [1.165, 1.54) is 0 Å². The van der Waals surface area contributed by atoms with Gasteiger partial charge in [0.1, 0.15) is 0 Å². The molecule has 1 heterocycles. The molecule has 1 unspecified atom stereocenters. The highest BCUT2D eigenvalue weighted by Crippen LogP contribution is 2.52. The molecule has 0 saturated carbocycles. The Labute approximate surface area is 75.7 Å². The highest BCUT2D eigenvalue weighted by Gasteiger charge is 2.80. The Balaban J connectivity index is 3.24. The van der Waals surface area contributed by atoms with Gasteiger partial charge >= 0.3 is 18.1 Å². The van der Waals surface area contributed by atoms with Gasteiger partial charge in [-0.05, 0) is 5.12 Å². The van der Waals surface area contributed by atoms with Crippen molar-refractivity contribution in [1.82, 2.24) is 10.2 Å². The van der Waals surface area contributed by atoms with Crippen molar-refractivity contribution in [2.75, 3.05) is 0 Å². The molecule has 0 amide bonds. The Bertz CT molecular complexity index is 265. The minimum Gasteiger partial charge on any atom is -0.220 e. The Morgan fingerprint density at radius 2 is 1.27 bits per heavy atom. The van der Waals surface area contributed by atoms with E-state index in [9.17, 15) is 39.7 Å². The predicted octanol–water partition coefficient (Wildman–Crippen LogP) is 2.45. The fraction of sp³-hybridized carbons (Fsp3) is 1.00. The molecule has 0 aliphatic carbocycles. The standard InChI is InChI=1S/C4HF9N2/c5-1-2(6,7)3(8,9)15(13)4(10,11)14(1)12/h1H. The summed E-state index contributed by atoms with van der Waals surface area (Å²) in [5, 5.41) is -5.65. The van der Waals surface area contributed by atoms with Crippen molar-refractivity contribution < 1.29 is 39.7 Å². The first-order chi connectivity index (χ1) is 6.47. The molecule has 1 saturated heterocycles. The summed E-state index contributed by atoms with van der Waals surface area (Å²) in [6, 6.07) is -6.15. The summed E-state index contributed by atoms with van der Waals surface area (Å²) in [5.74, 6) is -5.95. The highest BCUT2D eigenvalue weighted by molar-refractivity contribution is 4.94. The average molecular weight is 248 g/mol. The van der Waals surface area contributed by atoms with Gasteiger partial charge < -0.3 is 0 Å². The Morgan fingerprint density at radius 1 is 0.867 bits per heavy atom. The lowest BCUT2D eigenvalue weighted by molar-refractivity contribution is -0.524. The van der Waals surface area contributed by atoms with Crippen LogP contribution in [0.25, 0.3) is 0 Å². The molecule has 1 rings (SSSR count). The normalized spacial score (nSPS) is 35.4. The summed E-state index contributed by atoms with van der Waals surface area (Å²) in [6.45, 7) is 0. The predicted molar refractivity (Wildman–Crippen MR) is 25.6 cm³/mol. The summed E-state index contributed by atoms with van der Waals surface area (Å²) < 4.78 is 109. The number of halogens is 9. The molecule has 1 aliphatic rings. The monoisotopic (exact) mass is 248 g/mol. The molecule has 0 aromatic heterocycles. The second-order valence-electron chi connectivity index (χ2n) is 2.60. The number of nitrogens with zero attached hydrogens (tertiary/aromatic N) is 2. The van der Waals surface area contributed by atoms with Gasteiger partial charge in [-0.15, -0.1) is 8.96 Å². The van der Waals surface area contributed by atoms with Crippen LogP contribution in [0.5, 0.6) is 0 Å². The smallest absolute Gasteiger partial charge is 0.220 e. The van der Waals surface area contributed by atoms with E-state index in [1.54, 1.807) is 0 Å². The van der Waals surface area contributed by atoms with Crippen LogP contribution in [0.4, 0.5) is 39.7 Å². The van der Waals surface area contributed by atoms with E-state index >= 15 is 0 Å². The van der Waals surface area contributed by atoms with Crippen molar-refractivity contribution in [3.8, 4) is 0 Å². The van der Waals surface area contributed by atoms with E-state index in [0.29, 0.717) is 0 Å². The fourth-order valence-corrected chi connectivity index (χ4v) is 0.806. The van der Waals surface area contributed by atoms with E-state index < -0.39 is 34.7 Å². The zero-order chi connectivity index (χ0) is 12.2. The number of rotatable bonds is 0. The average Bonchev–Trinajstić information content (AvgIpc) is 2.12. The lowest BCUT2D eigenvalue weighted by Gasteiger charge is -2.43. The third-order valence-corrected chi connectivity index (χ3v) is 1.64. The lowest BCUT2D eigenvalue weighted by atomic mass is 10.2. The Morgan fingerprint density at radius 3 is 1.67 bits per heavy atom. The van der Waals surface area contributed by atoms with Crippen molar-refractivity contribution in [3.63, 3.8) is 0 Å². The highest BCUT2D eigenvalue weighted by atomic mass is 19.4. The minimum absolute atomic E-state index is 2.62. The van der Waals surface area contributed by atoms with Crippen molar-refractivity contribution in [1.29, 1.82) is 0 Å². The number of alkyl halides is 7. The van der Waals surface area contributed by atoms with Crippen LogP contribution in [-0.4, -0.2) is 34.7 Å². The molecule has 0 spiro atoms. The van der Waals surface area contributed by atoms with E-state index in [4.69, 9.17) is 0 Å². The van der Waals surface area contributed by atoms with Crippen molar-refractivity contribution >= 4 is 0 Å². The molecule has 0 aromatic rings. The van der Waals surface area contributed by atoms with Crippen LogP contribution in [-0.2, 0) is 0 Å². The summed E-state index contributed by atoms with van der Waals surface area (Å²) in [4.78, 5) is 0. The molecular weight excluding hydrogens is 247 g/mol. The largest absolute Gasteiger partial charge is 0.428 e. The minimum atomic E-state index is -6.15. The zero-order valence-electron chi connectivity index (χ0n) is 6.37. The lowest BCUT2D eigenvalue weighted by Crippen LogP contribution is -2.73. The van der Waals surface area contributed by atoms with Gasteiger partial charge in [0.15, 0.2) is 0 Å². The van der Waals surface area contributed by atoms with Crippen molar-refractivity contribution in [2.24, 2.45) is 0 Å². The first-order valence-corrected chi connectivity index (χ1v) is 3.16. The maximum Gasteiger partial charge on any atom is 0.428 e. The first-order valence-electron chi connectivity index (χ1n) is 3.16. The number of hydrogen-bond acceptors (Lipinski definition) is 2. The van der Waals surface area contributed by atoms with E-state index in [2.05, 4.69) is 0 Å². The van der Waals surface area contributed by atoms with Crippen LogP contribution < -0.4 is 0 Å². The molecule has 0 bridgehead atoms. The van der Waals surface area contributed by atoms with Crippen molar-refractivity contribution in [3.05, 3.63) is 0 Å². The maximum atomic E-state index is 12.2. The maximum absolute atomic E-state index is 12.2. The quantitative estimate of drug-likeness (QED) is 0.369. The van der Waals surface area contributed by atoms with Gasteiger partial charge in [-0.1, -0.05) is 0 Å². The van der Waals surface area contributed by atoms with Gasteiger partial charge in [0.2, 0.25) is 0 Å². The van der Waals surface area contributed by atoms with E-state index in [0.717, 1.165) is 0 Å². The molecule has 2 nitrogen and oxygen atoms in total. The first kappa shape index (κ1) is 12.4. The Kier molecular flexibility index (Phi) is 2.39. The molecule has 1 fully saturated rings. The summed E-state index contributed by atoms with van der Waals surface area (Å²) in [6.07, 6.45) is -10.5. The van der Waals surface area contributed by atoms with E-state index in [1.807, 2.05) is 0 Å². The van der Waals surface area contributed by atoms with Crippen LogP contribution in [0.15, 0.2) is 0 Å². The van der Waals surface area contributed by atoms with Gasteiger partial charge in [0, 0.05) is 5.12 Å². The second-order valence-corrected chi connectivity index (χ2v) is 2.60. The third kappa shape index (κ3) is 1.29. The molecule has 1 aliphatic heterocycles. The molecule has 0 radical (unpaired) electrons. The van der Waals surface area contributed by atoms with Gasteiger partial charge in [-0.2, -0.15) is 26.3 Å². The van der Waals surface area contributed by atoms with Crippen LogP contribution in [0, 0.1) is 0 Å². The summed E-state index contributed by atoms with van der Waals surface area (Å²) >= 11 is 0. The molecule has 1 atom stereocenters. The molecule has 15 heavy (non-hydrogen) atoms. The van der Waals surface area contributed by atoms with Gasteiger partial charge in [-0.25, -0.2) is 4.39 Å². The summed E-state index contributed by atoms with van der Waals surface area (Å²) in [5.41, 5.74) is 0. The van der Waals surface area contributed by atoms with Crippen LogP contribution in [0.2, 0.25) is 0 Å². The Hall–Kier alpha value is -0.710. The summed E-state index contributed by atoms with van der Waals surface area (Å²) in [7, 11) is 0. The number of hydrogen-bond donors (Lipinski definition) is 0. The SMILES string of the molecule is FC1N(F)C(F)(F)N(F)C(F)(F)C1(F)F. The molecule has 90 valence electrons. The zero-order valence-corrected chi connectivity index (χ0v) is 6.37. The van der Waals surface area contributed by atoms with Gasteiger partial charge in [0.05, 0.1) is 0 Å². The topological polar surface area (TPSA) is 6.48 Å². The van der Waals surface area contributed by atoms with Crippen molar-refractivity contribution in [2.45, 2.75) is 24.4 Å². The molecule has 0 N–H and O–H groups in total. The van der Waals surface area contributed by atoms with Gasteiger partial charge in [-0.3, -0.25) is 0 Å². The molecular formula is C4HF9N2. The molecule has 11 heteroatoms. The van der Waals surface area contributed by atoms with Crippen LogP contribution >= 0.6 is 0 Å².